The van der Waals surface area contributed by atoms with Gasteiger partial charge >= 0.3 is 0 Å². The summed E-state index contributed by atoms with van der Waals surface area (Å²) in [6, 6.07) is 16.1. The molecule has 0 atom stereocenters. The summed E-state index contributed by atoms with van der Waals surface area (Å²) in [6.45, 7) is 6.58. The van der Waals surface area contributed by atoms with Crippen LogP contribution in [0.1, 0.15) is 17.8 Å². The quantitative estimate of drug-likeness (QED) is 0.344. The number of pyridine rings is 1. The molecule has 1 fully saturated rings. The summed E-state index contributed by atoms with van der Waals surface area (Å²) in [5, 5.41) is 14.1. The summed E-state index contributed by atoms with van der Waals surface area (Å²) < 4.78 is 6.19. The first-order chi connectivity index (χ1) is 18.0. The van der Waals surface area contributed by atoms with E-state index in [9.17, 15) is 4.79 Å². The van der Waals surface area contributed by atoms with Gasteiger partial charge in [0.05, 0.1) is 16.7 Å². The van der Waals surface area contributed by atoms with E-state index in [0.29, 0.717) is 24.5 Å². The molecule has 9 nitrogen and oxygen atoms in total. The number of carbonyl (C=O) groups is 1. The second kappa shape index (κ2) is 9.64. The summed E-state index contributed by atoms with van der Waals surface area (Å²) in [5.74, 6) is 1.02. The lowest BCUT2D eigenvalue weighted by atomic mass is 10.2. The van der Waals surface area contributed by atoms with Crippen LogP contribution in [0.3, 0.4) is 0 Å². The predicted octanol–water partition coefficient (Wildman–Crippen LogP) is 3.72. The zero-order valence-corrected chi connectivity index (χ0v) is 21.8. The van der Waals surface area contributed by atoms with Crippen molar-refractivity contribution >= 4 is 34.2 Å². The highest BCUT2D eigenvalue weighted by atomic mass is 35.5. The third kappa shape index (κ3) is 4.60. The number of benzene rings is 1. The Morgan fingerprint density at radius 1 is 1.00 bits per heavy atom. The van der Waals surface area contributed by atoms with Crippen molar-refractivity contribution in [1.82, 2.24) is 38.7 Å². The number of piperazine rings is 1. The van der Waals surface area contributed by atoms with Crippen molar-refractivity contribution in [2.45, 2.75) is 26.4 Å². The predicted molar refractivity (Wildman–Crippen MR) is 144 cm³/mol. The number of hydrogen-bond acceptors (Lipinski definition) is 5. The molecule has 0 bridgehead atoms. The number of carbonyl (C=O) groups excluding carboxylic acids is 1. The van der Waals surface area contributed by atoms with Gasteiger partial charge in [0, 0.05) is 56.9 Å². The van der Waals surface area contributed by atoms with Crippen LogP contribution in [-0.2, 0) is 17.9 Å². The summed E-state index contributed by atoms with van der Waals surface area (Å²) in [5.41, 5.74) is 5.83. The molecule has 37 heavy (non-hydrogen) atoms. The van der Waals surface area contributed by atoms with E-state index in [1.165, 1.54) is 0 Å². The molecule has 1 aliphatic rings. The smallest absolute Gasteiger partial charge is 0.224 e. The number of nitrogens with zero attached hydrogens (tertiary/aromatic N) is 8. The third-order valence-electron chi connectivity index (χ3n) is 7.14. The molecule has 5 aromatic rings. The Hall–Kier alpha value is -3.69. The van der Waals surface area contributed by atoms with Gasteiger partial charge in [0.1, 0.15) is 11.5 Å². The van der Waals surface area contributed by atoms with Crippen molar-refractivity contribution in [3.8, 4) is 11.4 Å². The molecular formula is C27H29ClN8O. The Bertz CT molecular complexity index is 1590. The van der Waals surface area contributed by atoms with Crippen LogP contribution in [0.15, 0.2) is 54.7 Å². The maximum Gasteiger partial charge on any atom is 0.224 e. The van der Waals surface area contributed by atoms with Crippen molar-refractivity contribution in [3.05, 3.63) is 71.1 Å². The largest absolute Gasteiger partial charge is 0.340 e. The highest BCUT2D eigenvalue weighted by molar-refractivity contribution is 6.30. The number of hydrogen-bond donors (Lipinski definition) is 0. The van der Waals surface area contributed by atoms with E-state index >= 15 is 0 Å². The molecule has 0 unspecified atom stereocenters. The summed E-state index contributed by atoms with van der Waals surface area (Å²) in [4.78, 5) is 16.9. The van der Waals surface area contributed by atoms with Crippen LogP contribution in [0.2, 0.25) is 5.02 Å². The summed E-state index contributed by atoms with van der Waals surface area (Å²) >= 11 is 6.29. The van der Waals surface area contributed by atoms with Crippen LogP contribution in [-0.4, -0.2) is 77.9 Å². The molecule has 0 N–H and O–H groups in total. The van der Waals surface area contributed by atoms with Crippen molar-refractivity contribution < 1.29 is 4.79 Å². The number of amides is 1. The molecule has 5 heterocycles. The maximum atomic E-state index is 12.7. The minimum Gasteiger partial charge on any atom is -0.340 e. The number of halogens is 1. The highest BCUT2D eigenvalue weighted by Crippen LogP contribution is 2.30. The number of aromatic nitrogens is 6. The Kier molecular flexibility index (Phi) is 6.18. The second-order valence-corrected chi connectivity index (χ2v) is 10.1. The molecule has 1 amide bonds. The van der Waals surface area contributed by atoms with E-state index in [1.807, 2.05) is 53.0 Å². The normalized spacial score (nSPS) is 14.7. The van der Waals surface area contributed by atoms with Gasteiger partial charge in [0.15, 0.2) is 5.65 Å². The Balaban J connectivity index is 1.32. The van der Waals surface area contributed by atoms with Crippen LogP contribution >= 0.6 is 11.6 Å². The van der Waals surface area contributed by atoms with Gasteiger partial charge in [-0.1, -0.05) is 23.7 Å². The zero-order valence-electron chi connectivity index (χ0n) is 21.0. The average Bonchev–Trinajstić information content (AvgIpc) is 3.60. The lowest BCUT2D eigenvalue weighted by molar-refractivity contribution is -0.133. The maximum absolute atomic E-state index is 12.7. The van der Waals surface area contributed by atoms with Crippen LogP contribution < -0.4 is 0 Å². The standard InChI is InChI=1S/C27H29ClN8O/c1-19-29-30-26-7-6-23-25(36(19)26)17-24(35(23)18-20-4-3-5-21(28)16-20)22-8-10-34(31-22)11-9-27(37)33-14-12-32(2)13-15-33/h3-8,10,16-17H,9,11-15,18H2,1-2H3. The van der Waals surface area contributed by atoms with Gasteiger partial charge in [-0.25, -0.2) is 0 Å². The molecule has 6 rings (SSSR count). The van der Waals surface area contributed by atoms with Gasteiger partial charge in [0.25, 0.3) is 0 Å². The lowest BCUT2D eigenvalue weighted by Crippen LogP contribution is -2.47. The minimum absolute atomic E-state index is 0.186. The van der Waals surface area contributed by atoms with E-state index in [0.717, 1.165) is 65.6 Å². The van der Waals surface area contributed by atoms with E-state index in [-0.39, 0.29) is 5.91 Å². The average molecular weight is 517 g/mol. The minimum atomic E-state index is 0.186. The fraction of sp³-hybridized carbons (Fsp3) is 0.333. The SMILES string of the molecule is Cc1nnc2ccc3c(cc(-c4ccn(CCC(=O)N5CCN(C)CC5)n4)n3Cc3cccc(Cl)c3)n12. The second-order valence-electron chi connectivity index (χ2n) is 9.69. The first-order valence-electron chi connectivity index (χ1n) is 12.5. The molecule has 0 spiro atoms. The van der Waals surface area contributed by atoms with Crippen molar-refractivity contribution in [3.63, 3.8) is 0 Å². The first-order valence-corrected chi connectivity index (χ1v) is 12.9. The Labute approximate surface area is 219 Å². The number of aryl methyl sites for hydroxylation is 2. The molecule has 10 heteroatoms. The van der Waals surface area contributed by atoms with E-state index in [2.05, 4.69) is 49.3 Å². The molecule has 1 aromatic carbocycles. The molecule has 4 aromatic heterocycles. The number of fused-ring (bicyclic) bond motifs is 3. The van der Waals surface area contributed by atoms with Crippen LogP contribution in [0, 0.1) is 6.92 Å². The summed E-state index contributed by atoms with van der Waals surface area (Å²) in [6.07, 6.45) is 2.39. The van der Waals surface area contributed by atoms with E-state index in [1.54, 1.807) is 0 Å². The number of likely N-dealkylation sites (N-methyl/N-ethyl adjacent to an activating group) is 1. The monoisotopic (exact) mass is 516 g/mol. The molecular weight excluding hydrogens is 488 g/mol. The fourth-order valence-electron chi connectivity index (χ4n) is 5.09. The van der Waals surface area contributed by atoms with Crippen molar-refractivity contribution in [1.29, 1.82) is 0 Å². The summed E-state index contributed by atoms with van der Waals surface area (Å²) in [7, 11) is 2.09. The zero-order chi connectivity index (χ0) is 25.5. The van der Waals surface area contributed by atoms with Gasteiger partial charge in [-0.2, -0.15) is 5.10 Å². The van der Waals surface area contributed by atoms with E-state index in [4.69, 9.17) is 16.7 Å². The number of rotatable bonds is 6. The Morgan fingerprint density at radius 3 is 2.65 bits per heavy atom. The molecule has 1 aliphatic heterocycles. The van der Waals surface area contributed by atoms with E-state index < -0.39 is 0 Å². The van der Waals surface area contributed by atoms with Crippen LogP contribution in [0.5, 0.6) is 0 Å². The van der Waals surface area contributed by atoms with Gasteiger partial charge in [-0.3, -0.25) is 13.9 Å². The van der Waals surface area contributed by atoms with Crippen molar-refractivity contribution in [2.75, 3.05) is 33.2 Å². The van der Waals surface area contributed by atoms with Gasteiger partial charge in [-0.05, 0) is 55.9 Å². The fourth-order valence-corrected chi connectivity index (χ4v) is 5.30. The van der Waals surface area contributed by atoms with Crippen LogP contribution in [0.25, 0.3) is 28.1 Å². The Morgan fingerprint density at radius 2 is 1.84 bits per heavy atom. The van der Waals surface area contributed by atoms with Gasteiger partial charge in [0.2, 0.25) is 5.91 Å². The molecule has 0 aliphatic carbocycles. The highest BCUT2D eigenvalue weighted by Gasteiger charge is 2.20. The molecule has 0 radical (unpaired) electrons. The first kappa shape index (κ1) is 23.7. The lowest BCUT2D eigenvalue weighted by Gasteiger charge is -2.32. The topological polar surface area (TPSA) is 76.5 Å². The van der Waals surface area contributed by atoms with Crippen LogP contribution in [0.4, 0.5) is 0 Å². The molecule has 190 valence electrons. The van der Waals surface area contributed by atoms with Gasteiger partial charge < -0.3 is 14.4 Å². The van der Waals surface area contributed by atoms with Crippen molar-refractivity contribution in [2.24, 2.45) is 0 Å². The molecule has 1 saturated heterocycles. The third-order valence-corrected chi connectivity index (χ3v) is 7.38. The van der Waals surface area contributed by atoms with Gasteiger partial charge in [-0.15, -0.1) is 10.2 Å². The molecule has 0 saturated carbocycles.